The molecule has 2 rings (SSSR count). The molecule has 0 heterocycles. The van der Waals surface area contributed by atoms with Crippen LogP contribution in [0.2, 0.25) is 0 Å². The SMILES string of the molecule is [Cl-].[NH3+]Cc1cccc2ccccc12. The minimum Gasteiger partial charge on any atom is -1.00 e. The van der Waals surface area contributed by atoms with Crippen molar-refractivity contribution in [3.05, 3.63) is 48.0 Å². The Morgan fingerprint density at radius 2 is 1.62 bits per heavy atom. The van der Waals surface area contributed by atoms with Crippen LogP contribution in [0.15, 0.2) is 42.5 Å². The fourth-order valence-corrected chi connectivity index (χ4v) is 1.51. The van der Waals surface area contributed by atoms with Crippen molar-refractivity contribution in [3.63, 3.8) is 0 Å². The number of hydrogen-bond donors (Lipinski definition) is 1. The summed E-state index contributed by atoms with van der Waals surface area (Å²) < 4.78 is 0. The molecule has 1 nitrogen and oxygen atoms in total. The number of quaternary nitrogens is 1. The summed E-state index contributed by atoms with van der Waals surface area (Å²) in [7, 11) is 0. The summed E-state index contributed by atoms with van der Waals surface area (Å²) in [5.41, 5.74) is 5.23. The Hall–Kier alpha value is -1.05. The lowest BCUT2D eigenvalue weighted by atomic mass is 10.1. The molecule has 68 valence electrons. The highest BCUT2D eigenvalue weighted by Gasteiger charge is 1.97. The summed E-state index contributed by atoms with van der Waals surface area (Å²) in [4.78, 5) is 0. The summed E-state index contributed by atoms with van der Waals surface area (Å²) in [6, 6.07) is 14.8. The van der Waals surface area contributed by atoms with E-state index in [0.29, 0.717) is 0 Å². The van der Waals surface area contributed by atoms with E-state index in [1.165, 1.54) is 16.3 Å². The van der Waals surface area contributed by atoms with Crippen LogP contribution in [0, 0.1) is 0 Å². The predicted octanol–water partition coefficient (Wildman–Crippen LogP) is -1.41. The first-order chi connectivity index (χ1) is 5.92. The molecule has 0 unspecified atom stereocenters. The lowest BCUT2D eigenvalue weighted by Crippen LogP contribution is -3.00. The van der Waals surface area contributed by atoms with Crippen molar-refractivity contribution in [2.24, 2.45) is 0 Å². The standard InChI is InChI=1S/C11H11N.ClH/c12-8-10-6-3-5-9-4-1-2-7-11(9)10;/h1-7H,8,12H2;1H. The zero-order valence-corrected chi connectivity index (χ0v) is 8.09. The lowest BCUT2D eigenvalue weighted by Gasteiger charge is -2.00. The summed E-state index contributed by atoms with van der Waals surface area (Å²) in [6.45, 7) is 0.862. The van der Waals surface area contributed by atoms with Gasteiger partial charge in [-0.2, -0.15) is 0 Å². The van der Waals surface area contributed by atoms with E-state index in [9.17, 15) is 0 Å². The van der Waals surface area contributed by atoms with Crippen LogP contribution in [0.25, 0.3) is 10.8 Å². The first kappa shape index (κ1) is 10.0. The quantitative estimate of drug-likeness (QED) is 0.577. The summed E-state index contributed by atoms with van der Waals surface area (Å²) in [5, 5.41) is 2.63. The number of hydrogen-bond acceptors (Lipinski definition) is 0. The highest BCUT2D eigenvalue weighted by molar-refractivity contribution is 5.85. The van der Waals surface area contributed by atoms with Gasteiger partial charge in [-0.1, -0.05) is 42.5 Å². The van der Waals surface area contributed by atoms with Crippen LogP contribution in [-0.4, -0.2) is 0 Å². The third-order valence-corrected chi connectivity index (χ3v) is 2.15. The second kappa shape index (κ2) is 4.26. The van der Waals surface area contributed by atoms with Gasteiger partial charge in [-0.25, -0.2) is 0 Å². The van der Waals surface area contributed by atoms with Crippen molar-refractivity contribution >= 4 is 10.8 Å². The van der Waals surface area contributed by atoms with Crippen molar-refractivity contribution in [2.45, 2.75) is 6.54 Å². The van der Waals surface area contributed by atoms with Crippen LogP contribution < -0.4 is 18.1 Å². The maximum atomic E-state index is 3.91. The van der Waals surface area contributed by atoms with Gasteiger partial charge >= 0.3 is 0 Å². The van der Waals surface area contributed by atoms with E-state index < -0.39 is 0 Å². The Labute approximate surface area is 84.0 Å². The minimum absolute atomic E-state index is 0. The molecule has 13 heavy (non-hydrogen) atoms. The van der Waals surface area contributed by atoms with Crippen molar-refractivity contribution in [3.8, 4) is 0 Å². The van der Waals surface area contributed by atoms with Crippen LogP contribution >= 0.6 is 0 Å². The molecule has 3 N–H and O–H groups in total. The molecule has 0 spiro atoms. The van der Waals surface area contributed by atoms with Crippen LogP contribution in [0.1, 0.15) is 5.56 Å². The van der Waals surface area contributed by atoms with Crippen molar-refractivity contribution in [2.75, 3.05) is 0 Å². The molecule has 0 aliphatic rings. The van der Waals surface area contributed by atoms with E-state index in [4.69, 9.17) is 0 Å². The Balaban J connectivity index is 0.000000845. The van der Waals surface area contributed by atoms with E-state index in [0.717, 1.165) is 6.54 Å². The Kier molecular flexibility index (Phi) is 3.29. The normalized spacial score (nSPS) is 9.62. The maximum absolute atomic E-state index is 3.91. The molecule has 0 amide bonds. The molecule has 2 aromatic carbocycles. The molecule has 0 saturated heterocycles. The molecule has 0 bridgehead atoms. The van der Waals surface area contributed by atoms with Gasteiger partial charge in [0.15, 0.2) is 0 Å². The maximum Gasteiger partial charge on any atom is 0.100 e. The molecule has 2 heteroatoms. The van der Waals surface area contributed by atoms with E-state index in [-0.39, 0.29) is 12.4 Å². The lowest BCUT2D eigenvalue weighted by molar-refractivity contribution is -0.386. The Morgan fingerprint density at radius 3 is 2.38 bits per heavy atom. The second-order valence-electron chi connectivity index (χ2n) is 2.89. The molecule has 0 radical (unpaired) electrons. The highest BCUT2D eigenvalue weighted by Crippen LogP contribution is 2.16. The molecule has 0 saturated carbocycles. The summed E-state index contributed by atoms with van der Waals surface area (Å²) in [5.74, 6) is 0. The van der Waals surface area contributed by atoms with Crippen molar-refractivity contribution in [1.82, 2.24) is 0 Å². The van der Waals surface area contributed by atoms with E-state index >= 15 is 0 Å². The van der Waals surface area contributed by atoms with Crippen LogP contribution in [0.3, 0.4) is 0 Å². The zero-order valence-electron chi connectivity index (χ0n) is 7.33. The molecular weight excluding hydrogens is 182 g/mol. The van der Waals surface area contributed by atoms with Gasteiger partial charge in [-0.15, -0.1) is 0 Å². The summed E-state index contributed by atoms with van der Waals surface area (Å²) in [6.07, 6.45) is 0. The van der Waals surface area contributed by atoms with Crippen molar-refractivity contribution < 1.29 is 18.1 Å². The highest BCUT2D eigenvalue weighted by atomic mass is 35.5. The van der Waals surface area contributed by atoms with E-state index in [1.807, 2.05) is 0 Å². The van der Waals surface area contributed by atoms with Gasteiger partial charge in [0.05, 0.1) is 0 Å². The molecule has 0 aromatic heterocycles. The monoisotopic (exact) mass is 193 g/mol. The van der Waals surface area contributed by atoms with Crippen LogP contribution in [-0.2, 0) is 6.54 Å². The number of benzene rings is 2. The van der Waals surface area contributed by atoms with Gasteiger partial charge in [0.1, 0.15) is 6.54 Å². The van der Waals surface area contributed by atoms with Gasteiger partial charge in [0, 0.05) is 5.56 Å². The molecule has 0 aliphatic heterocycles. The van der Waals surface area contributed by atoms with Gasteiger partial charge in [-0.05, 0) is 10.8 Å². The molecule has 2 aromatic rings. The van der Waals surface area contributed by atoms with Gasteiger partial charge in [0.2, 0.25) is 0 Å². The molecule has 0 fully saturated rings. The Bertz CT molecular complexity index is 393. The third kappa shape index (κ3) is 1.82. The fraction of sp³-hybridized carbons (Fsp3) is 0.0909. The number of halogens is 1. The van der Waals surface area contributed by atoms with Crippen LogP contribution in [0.5, 0.6) is 0 Å². The molecule has 0 aliphatic carbocycles. The zero-order chi connectivity index (χ0) is 8.39. The smallest absolute Gasteiger partial charge is 0.100 e. The fourth-order valence-electron chi connectivity index (χ4n) is 1.51. The van der Waals surface area contributed by atoms with Gasteiger partial charge in [0.25, 0.3) is 0 Å². The first-order valence-corrected chi connectivity index (χ1v) is 4.17. The molecule has 0 atom stereocenters. The van der Waals surface area contributed by atoms with E-state index in [2.05, 4.69) is 48.2 Å². The van der Waals surface area contributed by atoms with E-state index in [1.54, 1.807) is 0 Å². The summed E-state index contributed by atoms with van der Waals surface area (Å²) >= 11 is 0. The number of fused-ring (bicyclic) bond motifs is 1. The van der Waals surface area contributed by atoms with Crippen LogP contribution in [0.4, 0.5) is 0 Å². The first-order valence-electron chi connectivity index (χ1n) is 4.17. The molecular formula is C11H12ClN. The van der Waals surface area contributed by atoms with Crippen molar-refractivity contribution in [1.29, 1.82) is 0 Å². The Morgan fingerprint density at radius 1 is 0.923 bits per heavy atom. The topological polar surface area (TPSA) is 27.6 Å². The average Bonchev–Trinajstić information content (AvgIpc) is 2.17. The largest absolute Gasteiger partial charge is 1.00 e. The third-order valence-electron chi connectivity index (χ3n) is 2.15. The predicted molar refractivity (Wildman–Crippen MR) is 50.5 cm³/mol. The second-order valence-corrected chi connectivity index (χ2v) is 2.89. The number of rotatable bonds is 1. The average molecular weight is 194 g/mol. The minimum atomic E-state index is 0. The van der Waals surface area contributed by atoms with Gasteiger partial charge < -0.3 is 18.1 Å². The van der Waals surface area contributed by atoms with Gasteiger partial charge in [-0.3, -0.25) is 0 Å².